The summed E-state index contributed by atoms with van der Waals surface area (Å²) in [6.45, 7) is 1.69. The molecule has 0 amide bonds. The lowest BCUT2D eigenvalue weighted by atomic mass is 10.1. The molecule has 1 aromatic heterocycles. The first-order valence-corrected chi connectivity index (χ1v) is 7.03. The molecule has 7 nitrogen and oxygen atoms in total. The van der Waals surface area contributed by atoms with Crippen molar-refractivity contribution in [3.05, 3.63) is 29.8 Å². The van der Waals surface area contributed by atoms with E-state index in [1.54, 1.807) is 31.4 Å². The number of nitrogens with zero attached hydrogens (tertiary/aromatic N) is 1. The standard InChI is InChI=1S/C15H17N3O4/c1-21-11-4-2-9(3-5-11)13-12(15(19)20)14(18-22-13)17-10-6-7-16-8-10/h2-5,10,16H,6-8H2,1H3,(H,17,18)(H,19,20)/t10-/m0/s1. The molecular formula is C15H17N3O4. The molecule has 0 aliphatic carbocycles. The number of aromatic carboxylic acids is 1. The molecule has 2 aromatic rings. The van der Waals surface area contributed by atoms with Crippen LogP contribution in [-0.4, -0.2) is 42.5 Å². The van der Waals surface area contributed by atoms with Crippen molar-refractivity contribution in [1.29, 1.82) is 0 Å². The Hall–Kier alpha value is -2.54. The maximum atomic E-state index is 11.6. The van der Waals surface area contributed by atoms with E-state index in [-0.39, 0.29) is 23.2 Å². The number of carbonyl (C=O) groups is 1. The van der Waals surface area contributed by atoms with Gasteiger partial charge in [0.05, 0.1) is 7.11 Å². The van der Waals surface area contributed by atoms with Crippen molar-refractivity contribution in [1.82, 2.24) is 10.5 Å². The Balaban J connectivity index is 1.93. The van der Waals surface area contributed by atoms with Crippen molar-refractivity contribution in [2.24, 2.45) is 0 Å². The van der Waals surface area contributed by atoms with Gasteiger partial charge in [0.25, 0.3) is 0 Å². The lowest BCUT2D eigenvalue weighted by molar-refractivity contribution is 0.0698. The number of ether oxygens (including phenoxy) is 1. The molecule has 1 aliphatic rings. The zero-order valence-corrected chi connectivity index (χ0v) is 12.1. The summed E-state index contributed by atoms with van der Waals surface area (Å²) in [5.41, 5.74) is 0.695. The molecule has 0 saturated carbocycles. The topological polar surface area (TPSA) is 96.6 Å². The predicted octanol–water partition coefficient (Wildman–Crippen LogP) is 1.82. The summed E-state index contributed by atoms with van der Waals surface area (Å²) in [6.07, 6.45) is 0.920. The molecule has 7 heteroatoms. The van der Waals surface area contributed by atoms with Gasteiger partial charge in [0, 0.05) is 18.2 Å². The third-order valence-electron chi connectivity index (χ3n) is 3.66. The zero-order chi connectivity index (χ0) is 15.5. The highest BCUT2D eigenvalue weighted by atomic mass is 16.5. The third-order valence-corrected chi connectivity index (χ3v) is 3.66. The van der Waals surface area contributed by atoms with Crippen molar-refractivity contribution in [3.8, 4) is 17.1 Å². The highest BCUT2D eigenvalue weighted by molar-refractivity contribution is 5.99. The second-order valence-electron chi connectivity index (χ2n) is 5.10. The lowest BCUT2D eigenvalue weighted by Crippen LogP contribution is -2.23. The Morgan fingerprint density at radius 2 is 2.23 bits per heavy atom. The largest absolute Gasteiger partial charge is 0.497 e. The number of benzene rings is 1. The van der Waals surface area contributed by atoms with Crippen LogP contribution in [0.1, 0.15) is 16.8 Å². The smallest absolute Gasteiger partial charge is 0.343 e. The van der Waals surface area contributed by atoms with E-state index >= 15 is 0 Å². The van der Waals surface area contributed by atoms with Gasteiger partial charge in [-0.05, 0) is 37.2 Å². The maximum absolute atomic E-state index is 11.6. The van der Waals surface area contributed by atoms with E-state index < -0.39 is 5.97 Å². The van der Waals surface area contributed by atoms with Gasteiger partial charge in [0.2, 0.25) is 0 Å². The number of aromatic nitrogens is 1. The molecule has 0 bridgehead atoms. The predicted molar refractivity (Wildman–Crippen MR) is 80.3 cm³/mol. The second kappa shape index (κ2) is 6.07. The summed E-state index contributed by atoms with van der Waals surface area (Å²) in [7, 11) is 1.57. The Kier molecular flexibility index (Phi) is 3.97. The van der Waals surface area contributed by atoms with E-state index in [1.807, 2.05) is 0 Å². The number of hydrogen-bond donors (Lipinski definition) is 3. The average Bonchev–Trinajstić information content (AvgIpc) is 3.17. The molecule has 1 atom stereocenters. The third kappa shape index (κ3) is 2.75. The van der Waals surface area contributed by atoms with Gasteiger partial charge in [0.15, 0.2) is 17.1 Å². The molecule has 1 saturated heterocycles. The lowest BCUT2D eigenvalue weighted by Gasteiger charge is -2.10. The molecule has 3 N–H and O–H groups in total. The minimum absolute atomic E-state index is 0.0528. The number of nitrogens with one attached hydrogen (secondary N) is 2. The number of methoxy groups -OCH3 is 1. The molecular weight excluding hydrogens is 286 g/mol. The summed E-state index contributed by atoms with van der Waals surface area (Å²) >= 11 is 0. The van der Waals surface area contributed by atoms with Crippen molar-refractivity contribution in [2.45, 2.75) is 12.5 Å². The number of hydrogen-bond acceptors (Lipinski definition) is 6. The summed E-state index contributed by atoms with van der Waals surface area (Å²) in [5, 5.41) is 19.7. The Bertz CT molecular complexity index is 660. The molecule has 1 aromatic carbocycles. The molecule has 116 valence electrons. The summed E-state index contributed by atoms with van der Waals surface area (Å²) in [6, 6.07) is 7.14. The van der Waals surface area contributed by atoms with Gasteiger partial charge in [-0.3, -0.25) is 0 Å². The number of rotatable bonds is 5. The van der Waals surface area contributed by atoms with Crippen LogP contribution in [0.2, 0.25) is 0 Å². The van der Waals surface area contributed by atoms with Gasteiger partial charge in [-0.2, -0.15) is 0 Å². The van der Waals surface area contributed by atoms with Crippen LogP contribution in [0.25, 0.3) is 11.3 Å². The van der Waals surface area contributed by atoms with Crippen molar-refractivity contribution < 1.29 is 19.2 Å². The monoisotopic (exact) mass is 303 g/mol. The molecule has 22 heavy (non-hydrogen) atoms. The molecule has 0 spiro atoms. The van der Waals surface area contributed by atoms with Gasteiger partial charge in [-0.25, -0.2) is 4.79 Å². The molecule has 3 rings (SSSR count). The van der Waals surface area contributed by atoms with Crippen LogP contribution >= 0.6 is 0 Å². The van der Waals surface area contributed by atoms with Gasteiger partial charge in [-0.15, -0.1) is 0 Å². The average molecular weight is 303 g/mol. The van der Waals surface area contributed by atoms with Gasteiger partial charge in [-0.1, -0.05) is 5.16 Å². The van der Waals surface area contributed by atoms with E-state index in [0.717, 1.165) is 19.5 Å². The first-order chi connectivity index (χ1) is 10.7. The number of carboxylic acid groups (broad SMARTS) is 1. The molecule has 1 fully saturated rings. The molecule has 0 unspecified atom stereocenters. The van der Waals surface area contributed by atoms with Crippen LogP contribution in [0.4, 0.5) is 5.82 Å². The van der Waals surface area contributed by atoms with Crippen molar-refractivity contribution in [3.63, 3.8) is 0 Å². The Labute approximate surface area is 127 Å². The molecule has 2 heterocycles. The number of anilines is 1. The van der Waals surface area contributed by atoms with Crippen molar-refractivity contribution in [2.75, 3.05) is 25.5 Å². The van der Waals surface area contributed by atoms with Gasteiger partial charge >= 0.3 is 5.97 Å². The SMILES string of the molecule is COc1ccc(-c2onc(N[C@H]3CCNC3)c2C(=O)O)cc1. The Morgan fingerprint density at radius 1 is 1.45 bits per heavy atom. The van der Waals surface area contributed by atoms with Crippen LogP contribution in [0.3, 0.4) is 0 Å². The van der Waals surface area contributed by atoms with E-state index in [1.165, 1.54) is 0 Å². The summed E-state index contributed by atoms with van der Waals surface area (Å²) < 4.78 is 10.4. The molecule has 1 aliphatic heterocycles. The van der Waals surface area contributed by atoms with Crippen LogP contribution < -0.4 is 15.4 Å². The first-order valence-electron chi connectivity index (χ1n) is 7.03. The van der Waals surface area contributed by atoms with Gasteiger partial charge < -0.3 is 25.0 Å². The molecule has 0 radical (unpaired) electrons. The zero-order valence-electron chi connectivity index (χ0n) is 12.1. The number of carboxylic acids is 1. The van der Waals surface area contributed by atoms with Crippen LogP contribution in [0.5, 0.6) is 5.75 Å². The van der Waals surface area contributed by atoms with E-state index in [0.29, 0.717) is 11.3 Å². The highest BCUT2D eigenvalue weighted by Gasteiger charge is 2.26. The quantitative estimate of drug-likeness (QED) is 0.775. The summed E-state index contributed by atoms with van der Waals surface area (Å²) in [5.74, 6) is 0.131. The van der Waals surface area contributed by atoms with Crippen molar-refractivity contribution >= 4 is 11.8 Å². The van der Waals surface area contributed by atoms with E-state index in [4.69, 9.17) is 9.26 Å². The van der Waals surface area contributed by atoms with E-state index in [2.05, 4.69) is 15.8 Å². The fourth-order valence-corrected chi connectivity index (χ4v) is 2.50. The van der Waals surface area contributed by atoms with Crippen LogP contribution in [-0.2, 0) is 0 Å². The fourth-order valence-electron chi connectivity index (χ4n) is 2.50. The first kappa shape index (κ1) is 14.4. The van der Waals surface area contributed by atoms with Crippen LogP contribution in [0.15, 0.2) is 28.8 Å². The highest BCUT2D eigenvalue weighted by Crippen LogP contribution is 2.31. The maximum Gasteiger partial charge on any atom is 0.343 e. The van der Waals surface area contributed by atoms with Gasteiger partial charge in [0.1, 0.15) is 5.75 Å². The van der Waals surface area contributed by atoms with E-state index in [9.17, 15) is 9.90 Å². The summed E-state index contributed by atoms with van der Waals surface area (Å²) in [4.78, 5) is 11.6. The second-order valence-corrected chi connectivity index (χ2v) is 5.10. The normalized spacial score (nSPS) is 17.4. The minimum Gasteiger partial charge on any atom is -0.497 e. The fraction of sp³-hybridized carbons (Fsp3) is 0.333. The Morgan fingerprint density at radius 3 is 2.82 bits per heavy atom. The van der Waals surface area contributed by atoms with Crippen LogP contribution in [0, 0.1) is 0 Å². The minimum atomic E-state index is -1.07.